The number of hydrogen-bond acceptors (Lipinski definition) is 4. The predicted octanol–water partition coefficient (Wildman–Crippen LogP) is 4.85. The van der Waals surface area contributed by atoms with Crippen molar-refractivity contribution in [1.82, 2.24) is 9.78 Å². The van der Waals surface area contributed by atoms with E-state index >= 15 is 0 Å². The van der Waals surface area contributed by atoms with Gasteiger partial charge in [-0.15, -0.1) is 0 Å². The zero-order valence-electron chi connectivity index (χ0n) is 15.4. The second-order valence-corrected chi connectivity index (χ2v) is 7.97. The molecule has 1 N–H and O–H groups in total. The molecule has 144 valence electrons. The molecule has 0 fully saturated rings. The molecule has 1 aliphatic rings. The Morgan fingerprint density at radius 2 is 1.93 bits per heavy atom. The number of aryl methyl sites for hydroxylation is 1. The number of carbonyl (C=O) groups is 1. The van der Waals surface area contributed by atoms with E-state index in [1.54, 1.807) is 7.11 Å². The third-order valence-electron chi connectivity index (χ3n) is 4.68. The molecule has 5 nitrogen and oxygen atoms in total. The van der Waals surface area contributed by atoms with E-state index in [1.807, 2.05) is 65.0 Å². The summed E-state index contributed by atoms with van der Waals surface area (Å²) in [6, 6.07) is 15.3. The molecule has 7 heteroatoms. The first kappa shape index (κ1) is 18.9. The Morgan fingerprint density at radius 1 is 1.18 bits per heavy atom. The molecule has 0 bridgehead atoms. The summed E-state index contributed by atoms with van der Waals surface area (Å²) in [5.41, 5.74) is 4.13. The molecule has 0 saturated heterocycles. The summed E-state index contributed by atoms with van der Waals surface area (Å²) in [5, 5.41) is 8.46. The van der Waals surface area contributed by atoms with Crippen molar-refractivity contribution >= 4 is 35.1 Å². The van der Waals surface area contributed by atoms with Crippen molar-refractivity contribution in [2.24, 2.45) is 0 Å². The summed E-state index contributed by atoms with van der Waals surface area (Å²) in [6.45, 7) is 0. The van der Waals surface area contributed by atoms with Crippen LogP contribution in [0, 0.1) is 0 Å². The highest BCUT2D eigenvalue weighted by Gasteiger charge is 2.24. The first-order chi connectivity index (χ1) is 13.6. The van der Waals surface area contributed by atoms with Crippen molar-refractivity contribution in [3.05, 3.63) is 70.4 Å². The Kier molecular flexibility index (Phi) is 5.59. The third kappa shape index (κ3) is 4.03. The van der Waals surface area contributed by atoms with Crippen molar-refractivity contribution in [3.63, 3.8) is 0 Å². The number of amides is 1. The Morgan fingerprint density at radius 3 is 2.64 bits per heavy atom. The summed E-state index contributed by atoms with van der Waals surface area (Å²) in [7, 11) is 1.64. The van der Waals surface area contributed by atoms with Crippen LogP contribution in [0.3, 0.4) is 0 Å². The molecule has 2 aromatic carbocycles. The molecular weight excluding hydrogens is 394 g/mol. The Labute approximate surface area is 173 Å². The van der Waals surface area contributed by atoms with Gasteiger partial charge in [0.15, 0.2) is 0 Å². The molecule has 1 amide bonds. The molecule has 0 spiro atoms. The van der Waals surface area contributed by atoms with Crippen LogP contribution in [0.15, 0.2) is 48.5 Å². The maximum Gasteiger partial charge on any atom is 0.225 e. The van der Waals surface area contributed by atoms with Crippen LogP contribution in [0.2, 0.25) is 5.02 Å². The standard InChI is InChI=1S/C21H20ClN3O2S/c1-27-17-9-2-14(3-10-17)4-11-20(26)23-21-18-12-28-13-19(18)24-25(21)16-7-5-15(22)6-8-16/h2-3,5-10H,4,11-13H2,1H3,(H,23,26). The molecular formula is C21H20ClN3O2S. The minimum atomic E-state index is -0.0226. The number of halogens is 1. The number of nitrogens with one attached hydrogen (secondary N) is 1. The highest BCUT2D eigenvalue weighted by Crippen LogP contribution is 2.36. The monoisotopic (exact) mass is 413 g/mol. The van der Waals surface area contributed by atoms with Crippen molar-refractivity contribution in [2.75, 3.05) is 12.4 Å². The van der Waals surface area contributed by atoms with Gasteiger partial charge in [-0.2, -0.15) is 16.9 Å². The number of fused-ring (bicyclic) bond motifs is 1. The molecule has 1 aliphatic heterocycles. The van der Waals surface area contributed by atoms with E-state index in [0.29, 0.717) is 17.9 Å². The highest BCUT2D eigenvalue weighted by molar-refractivity contribution is 7.98. The number of rotatable bonds is 6. The van der Waals surface area contributed by atoms with Gasteiger partial charge in [0.05, 0.1) is 18.5 Å². The average molecular weight is 414 g/mol. The van der Waals surface area contributed by atoms with Gasteiger partial charge in [0.2, 0.25) is 5.91 Å². The van der Waals surface area contributed by atoms with Crippen molar-refractivity contribution in [3.8, 4) is 11.4 Å². The zero-order chi connectivity index (χ0) is 19.5. The van der Waals surface area contributed by atoms with Gasteiger partial charge in [0, 0.05) is 28.5 Å². The Bertz CT molecular complexity index is 984. The molecule has 1 aromatic heterocycles. The van der Waals surface area contributed by atoms with Gasteiger partial charge >= 0.3 is 0 Å². The lowest BCUT2D eigenvalue weighted by atomic mass is 10.1. The van der Waals surface area contributed by atoms with Crippen molar-refractivity contribution in [2.45, 2.75) is 24.3 Å². The van der Waals surface area contributed by atoms with E-state index in [9.17, 15) is 4.79 Å². The number of benzene rings is 2. The highest BCUT2D eigenvalue weighted by atomic mass is 35.5. The normalized spacial score (nSPS) is 12.6. The van der Waals surface area contributed by atoms with Crippen molar-refractivity contribution < 1.29 is 9.53 Å². The van der Waals surface area contributed by atoms with Gasteiger partial charge in [-0.05, 0) is 48.4 Å². The van der Waals surface area contributed by atoms with Gasteiger partial charge in [0.1, 0.15) is 11.6 Å². The van der Waals surface area contributed by atoms with Crippen molar-refractivity contribution in [1.29, 1.82) is 0 Å². The number of methoxy groups -OCH3 is 1. The summed E-state index contributed by atoms with van der Waals surface area (Å²) in [6.07, 6.45) is 1.07. The summed E-state index contributed by atoms with van der Waals surface area (Å²) >= 11 is 7.82. The number of hydrogen-bond donors (Lipinski definition) is 1. The van der Waals surface area contributed by atoms with Crippen LogP contribution in [-0.2, 0) is 22.7 Å². The quantitative estimate of drug-likeness (QED) is 0.627. The summed E-state index contributed by atoms with van der Waals surface area (Å²) < 4.78 is 6.98. The number of thioether (sulfide) groups is 1. The second kappa shape index (κ2) is 8.29. The van der Waals surface area contributed by atoms with Gasteiger partial charge in [-0.25, -0.2) is 4.68 Å². The molecule has 28 heavy (non-hydrogen) atoms. The molecule has 0 aliphatic carbocycles. The first-order valence-corrected chi connectivity index (χ1v) is 10.5. The van der Waals surface area contributed by atoms with Gasteiger partial charge < -0.3 is 10.1 Å². The van der Waals surface area contributed by atoms with Gasteiger partial charge in [-0.3, -0.25) is 4.79 Å². The summed E-state index contributed by atoms with van der Waals surface area (Å²) in [5.74, 6) is 3.28. The second-order valence-electron chi connectivity index (χ2n) is 6.55. The molecule has 0 radical (unpaired) electrons. The van der Waals surface area contributed by atoms with Gasteiger partial charge in [0.25, 0.3) is 0 Å². The van der Waals surface area contributed by atoms with E-state index < -0.39 is 0 Å². The number of carbonyl (C=O) groups excluding carboxylic acids is 1. The molecule has 0 saturated carbocycles. The van der Waals surface area contributed by atoms with Crippen LogP contribution in [0.4, 0.5) is 5.82 Å². The number of aromatic nitrogens is 2. The topological polar surface area (TPSA) is 56.1 Å². The fraction of sp³-hybridized carbons (Fsp3) is 0.238. The summed E-state index contributed by atoms with van der Waals surface area (Å²) in [4.78, 5) is 12.6. The third-order valence-corrected chi connectivity index (χ3v) is 5.90. The lowest BCUT2D eigenvalue weighted by molar-refractivity contribution is -0.116. The van der Waals surface area contributed by atoms with E-state index in [-0.39, 0.29) is 5.91 Å². The molecule has 2 heterocycles. The van der Waals surface area contributed by atoms with Crippen LogP contribution in [0.5, 0.6) is 5.75 Å². The van der Waals surface area contributed by atoms with Crippen LogP contribution < -0.4 is 10.1 Å². The van der Waals surface area contributed by atoms with Crippen LogP contribution >= 0.6 is 23.4 Å². The SMILES string of the molecule is COc1ccc(CCC(=O)Nc2c3c(nn2-c2ccc(Cl)cc2)CSC3)cc1. The van der Waals surface area contributed by atoms with E-state index in [2.05, 4.69) is 5.32 Å². The molecule has 3 aromatic rings. The van der Waals surface area contributed by atoms with E-state index in [4.69, 9.17) is 21.4 Å². The minimum absolute atomic E-state index is 0.0226. The lowest BCUT2D eigenvalue weighted by Gasteiger charge is -2.11. The largest absolute Gasteiger partial charge is 0.497 e. The van der Waals surface area contributed by atoms with E-state index in [1.165, 1.54) is 0 Å². The van der Waals surface area contributed by atoms with Crippen LogP contribution in [0.1, 0.15) is 23.2 Å². The maximum absolute atomic E-state index is 12.6. The molecule has 0 atom stereocenters. The molecule has 0 unspecified atom stereocenters. The number of ether oxygens (including phenoxy) is 1. The predicted molar refractivity (Wildman–Crippen MR) is 114 cm³/mol. The van der Waals surface area contributed by atoms with Gasteiger partial charge in [-0.1, -0.05) is 23.7 Å². The van der Waals surface area contributed by atoms with Crippen LogP contribution in [-0.4, -0.2) is 22.8 Å². The number of anilines is 1. The van der Waals surface area contributed by atoms with E-state index in [0.717, 1.165) is 45.6 Å². The Hall–Kier alpha value is -2.44. The fourth-order valence-electron chi connectivity index (χ4n) is 3.16. The molecule has 4 rings (SSSR count). The fourth-order valence-corrected chi connectivity index (χ4v) is 4.32. The first-order valence-electron chi connectivity index (χ1n) is 9.01. The maximum atomic E-state index is 12.6. The minimum Gasteiger partial charge on any atom is -0.497 e. The Balaban J connectivity index is 1.50. The lowest BCUT2D eigenvalue weighted by Crippen LogP contribution is -2.16. The zero-order valence-corrected chi connectivity index (χ0v) is 17.0. The average Bonchev–Trinajstić information content (AvgIpc) is 3.30. The van der Waals surface area contributed by atoms with Crippen LogP contribution in [0.25, 0.3) is 5.69 Å². The smallest absolute Gasteiger partial charge is 0.225 e. The number of nitrogens with zero attached hydrogens (tertiary/aromatic N) is 2.